The molecule has 0 bridgehead atoms. The molecule has 1 saturated heterocycles. The highest BCUT2D eigenvalue weighted by Gasteiger charge is 2.51. The molecule has 2 aromatic rings. The molecule has 0 aromatic carbocycles. The number of rotatable bonds is 4. The fourth-order valence-electron chi connectivity index (χ4n) is 3.82. The Kier molecular flexibility index (Phi) is 3.85. The number of nitrogens with one attached hydrogen (secondary N) is 1. The topological polar surface area (TPSA) is 75.2 Å². The minimum absolute atomic E-state index is 0.116. The van der Waals surface area contributed by atoms with Gasteiger partial charge in [-0.2, -0.15) is 4.31 Å². The van der Waals surface area contributed by atoms with Crippen LogP contribution in [-0.4, -0.2) is 41.8 Å². The van der Waals surface area contributed by atoms with Crippen LogP contribution in [0.1, 0.15) is 24.8 Å². The third kappa shape index (κ3) is 2.72. The first-order valence-corrected chi connectivity index (χ1v) is 10.4. The van der Waals surface area contributed by atoms with Gasteiger partial charge in [0.2, 0.25) is 5.95 Å². The molecule has 1 aliphatic heterocycles. The maximum Gasteiger partial charge on any atom is 0.252 e. The van der Waals surface area contributed by atoms with Crippen LogP contribution in [0.15, 0.2) is 34.1 Å². The molecule has 2 fully saturated rings. The van der Waals surface area contributed by atoms with E-state index in [4.69, 9.17) is 0 Å². The van der Waals surface area contributed by atoms with Crippen LogP contribution in [0.3, 0.4) is 0 Å². The predicted molar refractivity (Wildman–Crippen MR) is 93.5 cm³/mol. The largest absolute Gasteiger partial charge is 0.351 e. The Morgan fingerprint density at radius 3 is 2.75 bits per heavy atom. The molecule has 0 atom stereocenters. The molecule has 6 nitrogen and oxygen atoms in total. The minimum atomic E-state index is -3.34. The smallest absolute Gasteiger partial charge is 0.252 e. The normalized spacial score (nSPS) is 27.3. The second-order valence-electron chi connectivity index (χ2n) is 6.80. The molecular weight excluding hydrogens is 344 g/mol. The van der Waals surface area contributed by atoms with E-state index in [2.05, 4.69) is 15.3 Å². The monoisotopic (exact) mass is 364 g/mol. The van der Waals surface area contributed by atoms with Gasteiger partial charge in [-0.1, -0.05) is 0 Å². The van der Waals surface area contributed by atoms with Gasteiger partial charge in [0.1, 0.15) is 4.21 Å². The van der Waals surface area contributed by atoms with Crippen molar-refractivity contribution >= 4 is 27.3 Å². The standard InChI is InChI=1S/C16H20N4O2S2/c1-12-3-8-23-14(12)24(21,22)20-7-4-16(11-20)9-13(10-16)19-15-17-5-2-6-18-15/h2-3,5-6,8,13H,4,7,9-11H2,1H3,(H,17,18,19). The van der Waals surface area contributed by atoms with Crippen molar-refractivity contribution < 1.29 is 8.42 Å². The van der Waals surface area contributed by atoms with Gasteiger partial charge in [-0.05, 0) is 54.7 Å². The number of hydrogen-bond acceptors (Lipinski definition) is 6. The lowest BCUT2D eigenvalue weighted by atomic mass is 9.65. The molecular formula is C16H20N4O2S2. The first kappa shape index (κ1) is 16.0. The van der Waals surface area contributed by atoms with Crippen molar-refractivity contribution in [2.45, 2.75) is 36.4 Å². The van der Waals surface area contributed by atoms with Crippen molar-refractivity contribution in [1.82, 2.24) is 14.3 Å². The van der Waals surface area contributed by atoms with Gasteiger partial charge in [0.05, 0.1) is 0 Å². The van der Waals surface area contributed by atoms with E-state index in [9.17, 15) is 8.42 Å². The van der Waals surface area contributed by atoms with E-state index < -0.39 is 10.0 Å². The minimum Gasteiger partial charge on any atom is -0.351 e. The Balaban J connectivity index is 1.40. The van der Waals surface area contributed by atoms with E-state index in [1.165, 1.54) is 11.3 Å². The molecule has 3 heterocycles. The number of anilines is 1. The van der Waals surface area contributed by atoms with Crippen LogP contribution >= 0.6 is 11.3 Å². The van der Waals surface area contributed by atoms with E-state index in [1.54, 1.807) is 22.8 Å². The Hall–Kier alpha value is -1.51. The molecule has 2 aliphatic rings. The lowest BCUT2D eigenvalue weighted by molar-refractivity contribution is 0.133. The fraction of sp³-hybridized carbons (Fsp3) is 0.500. The summed E-state index contributed by atoms with van der Waals surface area (Å²) in [6.45, 7) is 3.10. The predicted octanol–water partition coefficient (Wildman–Crippen LogP) is 2.50. The Morgan fingerprint density at radius 2 is 2.08 bits per heavy atom. The van der Waals surface area contributed by atoms with Gasteiger partial charge < -0.3 is 5.32 Å². The van der Waals surface area contributed by atoms with Crippen molar-refractivity contribution in [3.05, 3.63) is 35.5 Å². The Morgan fingerprint density at radius 1 is 1.33 bits per heavy atom. The second kappa shape index (κ2) is 5.79. The summed E-state index contributed by atoms with van der Waals surface area (Å²) < 4.78 is 27.8. The molecule has 128 valence electrons. The van der Waals surface area contributed by atoms with E-state index in [-0.39, 0.29) is 5.41 Å². The zero-order chi connectivity index (χ0) is 16.8. The quantitative estimate of drug-likeness (QED) is 0.902. The highest BCUT2D eigenvalue weighted by molar-refractivity contribution is 7.91. The summed E-state index contributed by atoms with van der Waals surface area (Å²) in [6.07, 6.45) is 6.32. The maximum atomic E-state index is 12.8. The van der Waals surface area contributed by atoms with Gasteiger partial charge in [0.15, 0.2) is 0 Å². The fourth-order valence-corrected chi connectivity index (χ4v) is 6.92. The van der Waals surface area contributed by atoms with Gasteiger partial charge in [0.25, 0.3) is 10.0 Å². The number of hydrogen-bond donors (Lipinski definition) is 1. The SMILES string of the molecule is Cc1ccsc1S(=O)(=O)N1CCC2(CC(Nc3ncccn3)C2)C1. The summed E-state index contributed by atoms with van der Waals surface area (Å²) >= 11 is 1.31. The summed E-state index contributed by atoms with van der Waals surface area (Å²) in [5.74, 6) is 0.647. The third-order valence-electron chi connectivity index (χ3n) is 5.05. The lowest BCUT2D eigenvalue weighted by Crippen LogP contribution is -2.47. The van der Waals surface area contributed by atoms with Crippen molar-refractivity contribution in [1.29, 1.82) is 0 Å². The molecule has 0 radical (unpaired) electrons. The van der Waals surface area contributed by atoms with Crippen LogP contribution in [-0.2, 0) is 10.0 Å². The van der Waals surface area contributed by atoms with Gasteiger partial charge in [-0.25, -0.2) is 18.4 Å². The number of aromatic nitrogens is 2. The number of aryl methyl sites for hydroxylation is 1. The summed E-state index contributed by atoms with van der Waals surface area (Å²) in [5, 5.41) is 5.18. The Bertz CT molecular complexity index is 829. The number of thiophene rings is 1. The van der Waals surface area contributed by atoms with Crippen LogP contribution in [0.4, 0.5) is 5.95 Å². The van der Waals surface area contributed by atoms with E-state index in [0.29, 0.717) is 29.3 Å². The zero-order valence-electron chi connectivity index (χ0n) is 13.5. The first-order valence-electron chi connectivity index (χ1n) is 8.06. The molecule has 24 heavy (non-hydrogen) atoms. The highest BCUT2D eigenvalue weighted by atomic mass is 32.2. The van der Waals surface area contributed by atoms with Crippen LogP contribution in [0.25, 0.3) is 0 Å². The van der Waals surface area contributed by atoms with Gasteiger partial charge in [-0.15, -0.1) is 11.3 Å². The average molecular weight is 364 g/mol. The first-order chi connectivity index (χ1) is 11.5. The van der Waals surface area contributed by atoms with Gasteiger partial charge in [0, 0.05) is 31.5 Å². The van der Waals surface area contributed by atoms with E-state index in [0.717, 1.165) is 24.8 Å². The van der Waals surface area contributed by atoms with E-state index >= 15 is 0 Å². The maximum absolute atomic E-state index is 12.8. The third-order valence-corrected chi connectivity index (χ3v) is 8.56. The zero-order valence-corrected chi connectivity index (χ0v) is 15.1. The summed E-state index contributed by atoms with van der Waals surface area (Å²) in [4.78, 5) is 8.37. The molecule has 1 N–H and O–H groups in total. The van der Waals surface area contributed by atoms with Crippen LogP contribution in [0.2, 0.25) is 0 Å². The molecule has 1 aliphatic carbocycles. The number of sulfonamides is 1. The summed E-state index contributed by atoms with van der Waals surface area (Å²) in [5.41, 5.74) is 0.959. The molecule has 1 spiro atoms. The second-order valence-corrected chi connectivity index (χ2v) is 9.85. The van der Waals surface area contributed by atoms with Crippen molar-refractivity contribution in [2.75, 3.05) is 18.4 Å². The average Bonchev–Trinajstić information content (AvgIpc) is 3.15. The molecule has 0 amide bonds. The van der Waals surface area contributed by atoms with Crippen LogP contribution in [0.5, 0.6) is 0 Å². The molecule has 8 heteroatoms. The van der Waals surface area contributed by atoms with Crippen LogP contribution in [0, 0.1) is 12.3 Å². The molecule has 0 unspecified atom stereocenters. The highest BCUT2D eigenvalue weighted by Crippen LogP contribution is 2.50. The summed E-state index contributed by atoms with van der Waals surface area (Å²) in [7, 11) is -3.34. The van der Waals surface area contributed by atoms with Crippen molar-refractivity contribution in [3.8, 4) is 0 Å². The number of nitrogens with zero attached hydrogens (tertiary/aromatic N) is 3. The summed E-state index contributed by atoms with van der Waals surface area (Å²) in [6, 6.07) is 3.99. The van der Waals surface area contributed by atoms with Gasteiger partial charge in [-0.3, -0.25) is 0 Å². The molecule has 1 saturated carbocycles. The van der Waals surface area contributed by atoms with Crippen LogP contribution < -0.4 is 5.32 Å². The Labute approximate surface area is 146 Å². The molecule has 4 rings (SSSR count). The lowest BCUT2D eigenvalue weighted by Gasteiger charge is -2.45. The molecule has 2 aromatic heterocycles. The van der Waals surface area contributed by atoms with Gasteiger partial charge >= 0.3 is 0 Å². The van der Waals surface area contributed by atoms with Crippen molar-refractivity contribution in [3.63, 3.8) is 0 Å². The van der Waals surface area contributed by atoms with E-state index in [1.807, 2.05) is 18.4 Å². The van der Waals surface area contributed by atoms with Crippen molar-refractivity contribution in [2.24, 2.45) is 5.41 Å².